The molecule has 0 spiro atoms. The van der Waals surface area contributed by atoms with Crippen LogP contribution in [0.25, 0.3) is 0 Å². The van der Waals surface area contributed by atoms with Crippen LogP contribution in [0.5, 0.6) is 0 Å². The molecule has 0 radical (unpaired) electrons. The van der Waals surface area contributed by atoms with Gasteiger partial charge in [-0.15, -0.1) is 6.42 Å². The van der Waals surface area contributed by atoms with Crippen LogP contribution in [0, 0.1) is 12.3 Å². The molecule has 0 aliphatic heterocycles. The number of hydrogen-bond donors (Lipinski definition) is 0. The fourth-order valence-electron chi connectivity index (χ4n) is 0.636. The fourth-order valence-corrected chi connectivity index (χ4v) is 0.636. The Kier molecular flexibility index (Phi) is 1.67. The number of aromatic nitrogens is 4. The van der Waals surface area contributed by atoms with E-state index in [1.807, 2.05) is 13.8 Å². The zero-order chi connectivity index (χ0) is 7.56. The molecule has 1 aromatic heterocycles. The van der Waals surface area contributed by atoms with Crippen LogP contribution < -0.4 is 0 Å². The number of tetrazole rings is 1. The first-order chi connectivity index (χ1) is 4.75. The molecule has 1 rings (SSSR count). The van der Waals surface area contributed by atoms with Gasteiger partial charge in [0.1, 0.15) is 0 Å². The van der Waals surface area contributed by atoms with E-state index in [0.29, 0.717) is 5.82 Å². The Balaban J connectivity index is 3.05. The van der Waals surface area contributed by atoms with E-state index in [0.717, 1.165) is 0 Å². The van der Waals surface area contributed by atoms with E-state index in [4.69, 9.17) is 6.42 Å². The SMILES string of the molecule is C#Cc1nnnn1C(C)C. The maximum atomic E-state index is 5.12. The summed E-state index contributed by atoms with van der Waals surface area (Å²) in [5.41, 5.74) is 0. The Morgan fingerprint density at radius 3 is 2.70 bits per heavy atom. The highest BCUT2D eigenvalue weighted by atomic mass is 15.5. The van der Waals surface area contributed by atoms with E-state index in [9.17, 15) is 0 Å². The summed E-state index contributed by atoms with van der Waals surface area (Å²) in [4.78, 5) is 0. The average Bonchev–Trinajstić information content (AvgIpc) is 2.33. The minimum atomic E-state index is 0.223. The third-order valence-electron chi connectivity index (χ3n) is 1.11. The van der Waals surface area contributed by atoms with Crippen molar-refractivity contribution in [2.75, 3.05) is 0 Å². The summed E-state index contributed by atoms with van der Waals surface area (Å²) in [6.07, 6.45) is 5.12. The summed E-state index contributed by atoms with van der Waals surface area (Å²) >= 11 is 0. The van der Waals surface area contributed by atoms with Gasteiger partial charge < -0.3 is 0 Å². The first-order valence-corrected chi connectivity index (χ1v) is 3.00. The molecule has 10 heavy (non-hydrogen) atoms. The molecule has 0 unspecified atom stereocenters. The van der Waals surface area contributed by atoms with Crippen LogP contribution in [-0.4, -0.2) is 20.2 Å². The molecule has 0 saturated heterocycles. The molecule has 4 nitrogen and oxygen atoms in total. The minimum Gasteiger partial charge on any atom is -0.216 e. The van der Waals surface area contributed by atoms with Crippen LogP contribution in [0.1, 0.15) is 25.7 Å². The summed E-state index contributed by atoms with van der Waals surface area (Å²) < 4.78 is 1.60. The van der Waals surface area contributed by atoms with Crippen molar-refractivity contribution in [3.05, 3.63) is 5.82 Å². The predicted molar refractivity (Wildman–Crippen MR) is 36.1 cm³/mol. The zero-order valence-electron chi connectivity index (χ0n) is 5.94. The van der Waals surface area contributed by atoms with E-state index in [1.54, 1.807) is 4.68 Å². The zero-order valence-corrected chi connectivity index (χ0v) is 5.94. The first-order valence-electron chi connectivity index (χ1n) is 3.00. The van der Waals surface area contributed by atoms with Gasteiger partial charge in [-0.2, -0.15) is 0 Å². The van der Waals surface area contributed by atoms with Crippen molar-refractivity contribution in [2.24, 2.45) is 0 Å². The average molecular weight is 136 g/mol. The van der Waals surface area contributed by atoms with Crippen LogP contribution in [-0.2, 0) is 0 Å². The largest absolute Gasteiger partial charge is 0.226 e. The van der Waals surface area contributed by atoms with E-state index in [1.165, 1.54) is 0 Å². The molecule has 1 aromatic rings. The van der Waals surface area contributed by atoms with Crippen molar-refractivity contribution in [3.63, 3.8) is 0 Å². The number of rotatable bonds is 1. The van der Waals surface area contributed by atoms with Crippen LogP contribution >= 0.6 is 0 Å². The fraction of sp³-hybridized carbons (Fsp3) is 0.500. The third-order valence-corrected chi connectivity index (χ3v) is 1.11. The van der Waals surface area contributed by atoms with Crippen molar-refractivity contribution in [2.45, 2.75) is 19.9 Å². The Bertz CT molecular complexity index is 255. The standard InChI is InChI=1S/C6H8N4/c1-4-6-7-8-9-10(6)5(2)3/h1,5H,2-3H3. The van der Waals surface area contributed by atoms with E-state index < -0.39 is 0 Å². The van der Waals surface area contributed by atoms with Gasteiger partial charge in [0.15, 0.2) is 0 Å². The van der Waals surface area contributed by atoms with Crippen LogP contribution in [0.15, 0.2) is 0 Å². The Hall–Kier alpha value is -1.37. The topological polar surface area (TPSA) is 43.6 Å². The summed E-state index contributed by atoms with van der Waals surface area (Å²) in [5, 5.41) is 10.8. The Morgan fingerprint density at radius 1 is 1.60 bits per heavy atom. The summed E-state index contributed by atoms with van der Waals surface area (Å²) in [6.45, 7) is 3.94. The molecular formula is C6H8N4. The molecule has 0 bridgehead atoms. The van der Waals surface area contributed by atoms with Crippen molar-refractivity contribution >= 4 is 0 Å². The predicted octanol–water partition coefficient (Wildman–Crippen LogP) is 0.235. The van der Waals surface area contributed by atoms with Gasteiger partial charge in [0.25, 0.3) is 0 Å². The second kappa shape index (κ2) is 2.48. The van der Waals surface area contributed by atoms with Gasteiger partial charge in [0.05, 0.1) is 6.04 Å². The monoisotopic (exact) mass is 136 g/mol. The molecule has 0 N–H and O–H groups in total. The lowest BCUT2D eigenvalue weighted by Gasteiger charge is -2.01. The number of hydrogen-bond acceptors (Lipinski definition) is 3. The van der Waals surface area contributed by atoms with Crippen molar-refractivity contribution in [1.29, 1.82) is 0 Å². The second-order valence-corrected chi connectivity index (χ2v) is 2.19. The van der Waals surface area contributed by atoms with Gasteiger partial charge in [0.2, 0.25) is 5.82 Å². The van der Waals surface area contributed by atoms with Crippen molar-refractivity contribution < 1.29 is 0 Å². The van der Waals surface area contributed by atoms with Crippen molar-refractivity contribution in [1.82, 2.24) is 20.2 Å². The van der Waals surface area contributed by atoms with Crippen molar-refractivity contribution in [3.8, 4) is 12.3 Å². The maximum Gasteiger partial charge on any atom is 0.226 e. The van der Waals surface area contributed by atoms with E-state index in [2.05, 4.69) is 21.4 Å². The van der Waals surface area contributed by atoms with Crippen LogP contribution in [0.2, 0.25) is 0 Å². The lowest BCUT2D eigenvalue weighted by atomic mass is 10.4. The number of nitrogens with zero attached hydrogens (tertiary/aromatic N) is 4. The molecule has 1 heterocycles. The maximum absolute atomic E-state index is 5.12. The highest BCUT2D eigenvalue weighted by molar-refractivity contribution is 5.13. The van der Waals surface area contributed by atoms with Gasteiger partial charge in [0, 0.05) is 0 Å². The highest BCUT2D eigenvalue weighted by Crippen LogP contribution is 2.01. The van der Waals surface area contributed by atoms with Crippen LogP contribution in [0.4, 0.5) is 0 Å². The summed E-state index contributed by atoms with van der Waals surface area (Å²) in [5.74, 6) is 2.87. The highest BCUT2D eigenvalue weighted by Gasteiger charge is 2.04. The molecule has 4 heteroatoms. The minimum absolute atomic E-state index is 0.223. The molecular weight excluding hydrogens is 128 g/mol. The first kappa shape index (κ1) is 6.75. The third kappa shape index (κ3) is 0.982. The van der Waals surface area contributed by atoms with Gasteiger partial charge in [-0.05, 0) is 30.2 Å². The van der Waals surface area contributed by atoms with Gasteiger partial charge in [-0.25, -0.2) is 4.68 Å². The lowest BCUT2D eigenvalue weighted by Crippen LogP contribution is -2.05. The van der Waals surface area contributed by atoms with E-state index >= 15 is 0 Å². The molecule has 0 saturated carbocycles. The molecule has 0 fully saturated rings. The molecule has 0 atom stereocenters. The van der Waals surface area contributed by atoms with Gasteiger partial charge in [-0.3, -0.25) is 0 Å². The molecule has 0 aromatic carbocycles. The molecule has 0 aliphatic carbocycles. The summed E-state index contributed by atoms with van der Waals surface area (Å²) in [6, 6.07) is 0.223. The van der Waals surface area contributed by atoms with Crippen LogP contribution in [0.3, 0.4) is 0 Å². The Morgan fingerprint density at radius 2 is 2.30 bits per heavy atom. The molecule has 0 amide bonds. The quantitative estimate of drug-likeness (QED) is 0.519. The summed E-state index contributed by atoms with van der Waals surface area (Å²) in [7, 11) is 0. The Labute approximate surface area is 59.2 Å². The normalized spacial score (nSPS) is 9.80. The molecule has 52 valence electrons. The molecule has 0 aliphatic rings. The lowest BCUT2D eigenvalue weighted by molar-refractivity contribution is 0.509. The van der Waals surface area contributed by atoms with E-state index in [-0.39, 0.29) is 6.04 Å². The smallest absolute Gasteiger partial charge is 0.216 e. The van der Waals surface area contributed by atoms with Gasteiger partial charge in [-0.1, -0.05) is 5.10 Å². The number of terminal acetylenes is 1. The van der Waals surface area contributed by atoms with Gasteiger partial charge >= 0.3 is 0 Å². The second-order valence-electron chi connectivity index (χ2n) is 2.19.